The van der Waals surface area contributed by atoms with E-state index in [0.717, 1.165) is 0 Å². The third kappa shape index (κ3) is 2.77. The van der Waals surface area contributed by atoms with Crippen LogP contribution in [0, 0.1) is 0 Å². The van der Waals surface area contributed by atoms with Crippen molar-refractivity contribution < 1.29 is 19.7 Å². The number of halogens is 2. The van der Waals surface area contributed by atoms with Crippen LogP contribution in [0.1, 0.15) is 15.9 Å². The number of carbonyl (C=O) groups excluding carboxylic acids is 1. The Kier molecular flexibility index (Phi) is 4.30. The predicted octanol–water partition coefficient (Wildman–Crippen LogP) is 4.19. The third-order valence-electron chi connectivity index (χ3n) is 3.78. The molecule has 0 bridgehead atoms. The van der Waals surface area contributed by atoms with Crippen LogP contribution in [-0.2, 0) is 11.3 Å². The molecule has 0 aliphatic heterocycles. The average molecular weight is 366 g/mol. The summed E-state index contributed by atoms with van der Waals surface area (Å²) in [6, 6.07) is 7.96. The number of methoxy groups -OCH3 is 1. The van der Waals surface area contributed by atoms with Gasteiger partial charge in [0.25, 0.3) is 0 Å². The van der Waals surface area contributed by atoms with Gasteiger partial charge in [0.1, 0.15) is 17.1 Å². The summed E-state index contributed by atoms with van der Waals surface area (Å²) in [6.45, 7) is 0.298. The summed E-state index contributed by atoms with van der Waals surface area (Å²) in [7, 11) is 1.25. The zero-order chi connectivity index (χ0) is 17.4. The van der Waals surface area contributed by atoms with Crippen LogP contribution in [0.3, 0.4) is 0 Å². The third-order valence-corrected chi connectivity index (χ3v) is 4.28. The lowest BCUT2D eigenvalue weighted by Crippen LogP contribution is -2.02. The Morgan fingerprint density at radius 3 is 2.62 bits per heavy atom. The molecule has 2 N–H and O–H groups in total. The molecule has 0 amide bonds. The summed E-state index contributed by atoms with van der Waals surface area (Å²) in [4.78, 5) is 11.6. The maximum atomic E-state index is 11.6. The molecular formula is C17H13Cl2NO4. The summed E-state index contributed by atoms with van der Waals surface area (Å²) in [5.41, 5.74) is 1.33. The molecule has 124 valence electrons. The number of hydrogen-bond donors (Lipinski definition) is 2. The molecule has 24 heavy (non-hydrogen) atoms. The quantitative estimate of drug-likeness (QED) is 0.682. The van der Waals surface area contributed by atoms with Gasteiger partial charge in [-0.1, -0.05) is 23.2 Å². The number of benzene rings is 2. The Bertz CT molecular complexity index is 949. The highest BCUT2D eigenvalue weighted by molar-refractivity contribution is 6.35. The molecule has 1 heterocycles. The number of rotatable bonds is 3. The summed E-state index contributed by atoms with van der Waals surface area (Å²) >= 11 is 11.9. The number of esters is 1. The van der Waals surface area contributed by atoms with Gasteiger partial charge >= 0.3 is 5.97 Å². The van der Waals surface area contributed by atoms with Crippen LogP contribution in [0.4, 0.5) is 0 Å². The molecule has 0 spiro atoms. The molecule has 0 fully saturated rings. The lowest BCUT2D eigenvalue weighted by atomic mass is 10.1. The van der Waals surface area contributed by atoms with Crippen molar-refractivity contribution in [1.29, 1.82) is 0 Å². The van der Waals surface area contributed by atoms with Gasteiger partial charge in [-0.05, 0) is 30.3 Å². The first-order chi connectivity index (χ1) is 11.4. The highest BCUT2D eigenvalue weighted by Crippen LogP contribution is 2.34. The van der Waals surface area contributed by atoms with Gasteiger partial charge in [-0.25, -0.2) is 4.79 Å². The van der Waals surface area contributed by atoms with Crippen molar-refractivity contribution in [1.82, 2.24) is 4.57 Å². The minimum absolute atomic E-state index is 0.0432. The van der Waals surface area contributed by atoms with Crippen LogP contribution >= 0.6 is 23.2 Å². The number of aromatic hydroxyl groups is 2. The normalized spacial score (nSPS) is 11.0. The Morgan fingerprint density at radius 1 is 1.17 bits per heavy atom. The molecule has 3 aromatic rings. The molecule has 0 aliphatic rings. The van der Waals surface area contributed by atoms with Gasteiger partial charge in [0.2, 0.25) is 0 Å². The number of hydrogen-bond acceptors (Lipinski definition) is 4. The second-order valence-electron chi connectivity index (χ2n) is 5.23. The summed E-state index contributed by atoms with van der Waals surface area (Å²) in [5.74, 6) is -0.800. The van der Waals surface area contributed by atoms with Gasteiger partial charge in [0, 0.05) is 22.2 Å². The number of ether oxygens (including phenoxy) is 1. The van der Waals surface area contributed by atoms with E-state index < -0.39 is 5.97 Å². The van der Waals surface area contributed by atoms with Gasteiger partial charge in [0.05, 0.1) is 24.2 Å². The summed E-state index contributed by atoms with van der Waals surface area (Å²) < 4.78 is 6.45. The van der Waals surface area contributed by atoms with E-state index in [1.54, 1.807) is 29.0 Å². The summed E-state index contributed by atoms with van der Waals surface area (Å²) in [6.07, 6.45) is 1.74. The van der Waals surface area contributed by atoms with Gasteiger partial charge in [-0.3, -0.25) is 0 Å². The Balaban J connectivity index is 2.06. The van der Waals surface area contributed by atoms with Crippen LogP contribution in [0.25, 0.3) is 10.9 Å². The van der Waals surface area contributed by atoms with Crippen molar-refractivity contribution in [3.05, 3.63) is 57.7 Å². The standard InChI is InChI=1S/C17H13Cl2NO4/c1-24-17(23)12-2-3-14-11(16(12)22)4-5-20(14)8-9-6-10(18)7-13(19)15(9)21/h2-7,21-22H,8H2,1H3. The highest BCUT2D eigenvalue weighted by atomic mass is 35.5. The van der Waals surface area contributed by atoms with Gasteiger partial charge < -0.3 is 19.5 Å². The smallest absolute Gasteiger partial charge is 0.341 e. The van der Waals surface area contributed by atoms with Gasteiger partial charge in [0.15, 0.2) is 0 Å². The van der Waals surface area contributed by atoms with Crippen LogP contribution in [0.15, 0.2) is 36.5 Å². The molecule has 1 aromatic heterocycles. The SMILES string of the molecule is COC(=O)c1ccc2c(ccn2Cc2cc(Cl)cc(Cl)c2O)c1O. The number of phenolic OH excluding ortho intramolecular Hbond substituents is 2. The predicted molar refractivity (Wildman–Crippen MR) is 92.2 cm³/mol. The largest absolute Gasteiger partial charge is 0.506 e. The van der Waals surface area contributed by atoms with Crippen LogP contribution in [0.2, 0.25) is 10.0 Å². The fourth-order valence-electron chi connectivity index (χ4n) is 2.59. The van der Waals surface area contributed by atoms with Crippen LogP contribution < -0.4 is 0 Å². The van der Waals surface area contributed by atoms with Gasteiger partial charge in [-0.2, -0.15) is 0 Å². The zero-order valence-corrected chi connectivity index (χ0v) is 14.1. The van der Waals surface area contributed by atoms with E-state index in [1.807, 2.05) is 0 Å². The van der Waals surface area contributed by atoms with Crippen molar-refractivity contribution in [2.24, 2.45) is 0 Å². The van der Waals surface area contributed by atoms with Crippen molar-refractivity contribution in [2.45, 2.75) is 6.54 Å². The molecule has 0 aliphatic carbocycles. The lowest BCUT2D eigenvalue weighted by molar-refractivity contribution is 0.0598. The van der Waals surface area contributed by atoms with E-state index in [4.69, 9.17) is 23.2 Å². The minimum Gasteiger partial charge on any atom is -0.506 e. The first-order valence-corrected chi connectivity index (χ1v) is 7.74. The topological polar surface area (TPSA) is 71.7 Å². The zero-order valence-electron chi connectivity index (χ0n) is 12.6. The molecule has 0 radical (unpaired) electrons. The Morgan fingerprint density at radius 2 is 1.92 bits per heavy atom. The van der Waals surface area contributed by atoms with E-state index in [0.29, 0.717) is 28.0 Å². The van der Waals surface area contributed by atoms with E-state index in [-0.39, 0.29) is 22.1 Å². The number of carbonyl (C=O) groups is 1. The molecule has 3 rings (SSSR count). The van der Waals surface area contributed by atoms with E-state index in [1.165, 1.54) is 19.2 Å². The molecule has 0 unspecified atom stereocenters. The number of fused-ring (bicyclic) bond motifs is 1. The highest BCUT2D eigenvalue weighted by Gasteiger charge is 2.17. The van der Waals surface area contributed by atoms with Gasteiger partial charge in [-0.15, -0.1) is 0 Å². The fourth-order valence-corrected chi connectivity index (χ4v) is 3.13. The Labute approximate surface area is 147 Å². The first-order valence-electron chi connectivity index (χ1n) is 6.98. The molecule has 7 heteroatoms. The summed E-state index contributed by atoms with van der Waals surface area (Å²) in [5, 5.41) is 21.4. The van der Waals surface area contributed by atoms with Crippen LogP contribution in [-0.4, -0.2) is 27.9 Å². The molecule has 0 saturated heterocycles. The van der Waals surface area contributed by atoms with Crippen molar-refractivity contribution in [2.75, 3.05) is 7.11 Å². The molecule has 2 aromatic carbocycles. The second-order valence-corrected chi connectivity index (χ2v) is 6.07. The first kappa shape index (κ1) is 16.5. The molecule has 0 atom stereocenters. The average Bonchev–Trinajstić information content (AvgIpc) is 2.95. The van der Waals surface area contributed by atoms with Crippen molar-refractivity contribution in [3.8, 4) is 11.5 Å². The van der Waals surface area contributed by atoms with Crippen LogP contribution in [0.5, 0.6) is 11.5 Å². The van der Waals surface area contributed by atoms with E-state index in [9.17, 15) is 15.0 Å². The molecule has 0 saturated carbocycles. The Hall–Kier alpha value is -2.37. The fraction of sp³-hybridized carbons (Fsp3) is 0.118. The van der Waals surface area contributed by atoms with Crippen molar-refractivity contribution in [3.63, 3.8) is 0 Å². The maximum Gasteiger partial charge on any atom is 0.341 e. The lowest BCUT2D eigenvalue weighted by Gasteiger charge is -2.10. The molecule has 5 nitrogen and oxygen atoms in total. The molecular weight excluding hydrogens is 353 g/mol. The van der Waals surface area contributed by atoms with Crippen molar-refractivity contribution >= 4 is 40.1 Å². The van der Waals surface area contributed by atoms with E-state index in [2.05, 4.69) is 4.74 Å². The second kappa shape index (κ2) is 6.26. The number of aromatic nitrogens is 1. The number of nitrogens with zero attached hydrogens (tertiary/aromatic N) is 1. The minimum atomic E-state index is -0.610. The maximum absolute atomic E-state index is 11.6. The number of phenols is 2. The monoisotopic (exact) mass is 365 g/mol. The van der Waals surface area contributed by atoms with E-state index >= 15 is 0 Å².